The lowest BCUT2D eigenvalue weighted by Crippen LogP contribution is -2.47. The van der Waals surface area contributed by atoms with Crippen LogP contribution in [0.15, 0.2) is 34.2 Å². The Bertz CT molecular complexity index is 741. The Balaban J connectivity index is 0.00000243. The average Bonchev–Trinajstić information content (AvgIpc) is 3.23. The number of sulfonamides is 1. The number of hydrogen-bond acceptors (Lipinski definition) is 4. The highest BCUT2D eigenvalue weighted by Gasteiger charge is 2.41. The Kier molecular flexibility index (Phi) is 7.68. The first-order valence-electron chi connectivity index (χ1n) is 8.74. The van der Waals surface area contributed by atoms with E-state index in [-0.39, 0.29) is 35.0 Å². The Morgan fingerprint density at radius 1 is 1.35 bits per heavy atom. The number of nitrogens with one attached hydrogen (secondary N) is 3. The summed E-state index contributed by atoms with van der Waals surface area (Å²) in [5, 5.41) is 6.71. The maximum absolute atomic E-state index is 11.9. The number of halogens is 1. The normalized spacial score (nSPS) is 25.0. The molecule has 2 bridgehead atoms. The molecular formula is C17H27IN4O3S. The summed E-state index contributed by atoms with van der Waals surface area (Å²) in [5.74, 6) is 0.741. The predicted molar refractivity (Wildman–Crippen MR) is 112 cm³/mol. The first-order chi connectivity index (χ1) is 12.0. The Labute approximate surface area is 172 Å². The van der Waals surface area contributed by atoms with E-state index in [9.17, 15) is 8.42 Å². The Hall–Kier alpha value is -0.910. The molecule has 2 heterocycles. The highest BCUT2D eigenvalue weighted by molar-refractivity contribution is 14.0. The molecule has 146 valence electrons. The highest BCUT2D eigenvalue weighted by Crippen LogP contribution is 2.34. The fraction of sp³-hybridized carbons (Fsp3) is 0.588. The molecule has 2 fully saturated rings. The molecule has 1 aromatic rings. The van der Waals surface area contributed by atoms with Crippen LogP contribution in [0.4, 0.5) is 0 Å². The summed E-state index contributed by atoms with van der Waals surface area (Å²) >= 11 is 0. The van der Waals surface area contributed by atoms with Gasteiger partial charge in [0.2, 0.25) is 10.0 Å². The van der Waals surface area contributed by atoms with Gasteiger partial charge in [-0.25, -0.2) is 18.1 Å². The van der Waals surface area contributed by atoms with E-state index in [0.29, 0.717) is 18.7 Å². The van der Waals surface area contributed by atoms with Crippen molar-refractivity contribution in [3.8, 4) is 0 Å². The van der Waals surface area contributed by atoms with Crippen LogP contribution in [-0.4, -0.2) is 46.2 Å². The molecule has 1 aromatic carbocycles. The summed E-state index contributed by atoms with van der Waals surface area (Å²) in [6.45, 7) is 3.19. The third-order valence-electron chi connectivity index (χ3n) is 4.67. The van der Waals surface area contributed by atoms with Crippen molar-refractivity contribution in [1.82, 2.24) is 15.4 Å². The van der Waals surface area contributed by atoms with Gasteiger partial charge in [0, 0.05) is 6.54 Å². The van der Waals surface area contributed by atoms with Crippen molar-refractivity contribution in [2.45, 2.75) is 55.9 Å². The number of guanidine groups is 1. The maximum atomic E-state index is 11.9. The SMILES string of the molecule is CCNC(=NCc1cccc(S(=O)(=O)NC)c1)NC1CC2CCC1O2.I. The zero-order valence-corrected chi connectivity index (χ0v) is 18.2. The molecule has 26 heavy (non-hydrogen) atoms. The van der Waals surface area contributed by atoms with Crippen LogP contribution < -0.4 is 15.4 Å². The average molecular weight is 494 g/mol. The minimum absolute atomic E-state index is 0. The van der Waals surface area contributed by atoms with E-state index in [0.717, 1.165) is 37.3 Å². The molecule has 0 aliphatic carbocycles. The van der Waals surface area contributed by atoms with Gasteiger partial charge in [-0.05, 0) is 50.9 Å². The lowest BCUT2D eigenvalue weighted by Gasteiger charge is -2.22. The van der Waals surface area contributed by atoms with Gasteiger partial charge in [0.05, 0.1) is 29.7 Å². The molecule has 0 saturated carbocycles. The van der Waals surface area contributed by atoms with E-state index >= 15 is 0 Å². The van der Waals surface area contributed by atoms with Crippen LogP contribution in [0.1, 0.15) is 31.7 Å². The number of rotatable bonds is 6. The summed E-state index contributed by atoms with van der Waals surface area (Å²) in [5.41, 5.74) is 0.845. The van der Waals surface area contributed by atoms with E-state index < -0.39 is 10.0 Å². The summed E-state index contributed by atoms with van der Waals surface area (Å²) in [4.78, 5) is 4.86. The molecule has 0 aromatic heterocycles. The molecule has 3 rings (SSSR count). The topological polar surface area (TPSA) is 91.8 Å². The quantitative estimate of drug-likeness (QED) is 0.318. The summed E-state index contributed by atoms with van der Waals surface area (Å²) in [6.07, 6.45) is 3.94. The third-order valence-corrected chi connectivity index (χ3v) is 6.08. The molecule has 3 atom stereocenters. The first kappa shape index (κ1) is 21.4. The lowest BCUT2D eigenvalue weighted by molar-refractivity contribution is 0.0992. The molecule has 9 heteroatoms. The monoisotopic (exact) mass is 494 g/mol. The van der Waals surface area contributed by atoms with Crippen LogP contribution in [0.2, 0.25) is 0 Å². The Morgan fingerprint density at radius 2 is 2.15 bits per heavy atom. The zero-order valence-electron chi connectivity index (χ0n) is 15.1. The second kappa shape index (κ2) is 9.34. The molecule has 7 nitrogen and oxygen atoms in total. The first-order valence-corrected chi connectivity index (χ1v) is 10.2. The van der Waals surface area contributed by atoms with Crippen molar-refractivity contribution in [2.24, 2.45) is 4.99 Å². The molecule has 0 amide bonds. The predicted octanol–water partition coefficient (Wildman–Crippen LogP) is 1.59. The number of fused-ring (bicyclic) bond motifs is 2. The second-order valence-corrected chi connectivity index (χ2v) is 8.30. The fourth-order valence-electron chi connectivity index (χ4n) is 3.38. The molecule has 0 radical (unpaired) electrons. The maximum Gasteiger partial charge on any atom is 0.240 e. The van der Waals surface area contributed by atoms with Gasteiger partial charge < -0.3 is 15.4 Å². The largest absolute Gasteiger partial charge is 0.373 e. The van der Waals surface area contributed by atoms with Gasteiger partial charge in [-0.3, -0.25) is 0 Å². The number of benzene rings is 1. The van der Waals surface area contributed by atoms with Crippen molar-refractivity contribution in [2.75, 3.05) is 13.6 Å². The number of nitrogens with zero attached hydrogens (tertiary/aromatic N) is 1. The van der Waals surface area contributed by atoms with Crippen LogP contribution >= 0.6 is 24.0 Å². The van der Waals surface area contributed by atoms with Gasteiger partial charge in [0.25, 0.3) is 0 Å². The molecule has 3 N–H and O–H groups in total. The molecule has 3 unspecified atom stereocenters. The van der Waals surface area contributed by atoms with Gasteiger partial charge in [0.1, 0.15) is 0 Å². The van der Waals surface area contributed by atoms with Crippen LogP contribution in [-0.2, 0) is 21.3 Å². The third kappa shape index (κ3) is 5.08. The summed E-state index contributed by atoms with van der Waals surface area (Å²) < 4.78 is 32.0. The van der Waals surface area contributed by atoms with E-state index in [1.165, 1.54) is 7.05 Å². The standard InChI is InChI=1S/C17H26N4O3S.HI/c1-3-19-17(21-15-10-13-7-8-16(15)24-13)20-11-12-5-4-6-14(9-12)25(22,23)18-2;/h4-6,9,13,15-16,18H,3,7-8,10-11H2,1-2H3,(H2,19,20,21);1H. The van der Waals surface area contributed by atoms with Gasteiger partial charge in [0.15, 0.2) is 5.96 Å². The van der Waals surface area contributed by atoms with Crippen molar-refractivity contribution >= 4 is 40.0 Å². The van der Waals surface area contributed by atoms with Crippen molar-refractivity contribution in [3.63, 3.8) is 0 Å². The van der Waals surface area contributed by atoms with E-state index in [1.807, 2.05) is 13.0 Å². The number of ether oxygens (including phenoxy) is 1. The summed E-state index contributed by atoms with van der Waals surface area (Å²) in [7, 11) is -2.03. The number of aliphatic imine (C=N–C) groups is 1. The molecule has 0 spiro atoms. The molecule has 2 aliphatic heterocycles. The highest BCUT2D eigenvalue weighted by atomic mass is 127. The molecular weight excluding hydrogens is 467 g/mol. The Morgan fingerprint density at radius 3 is 2.77 bits per heavy atom. The van der Waals surface area contributed by atoms with Crippen molar-refractivity contribution in [3.05, 3.63) is 29.8 Å². The minimum atomic E-state index is -3.44. The number of hydrogen-bond donors (Lipinski definition) is 3. The smallest absolute Gasteiger partial charge is 0.240 e. The van der Waals surface area contributed by atoms with Crippen LogP contribution in [0.25, 0.3) is 0 Å². The van der Waals surface area contributed by atoms with Crippen LogP contribution in [0.5, 0.6) is 0 Å². The van der Waals surface area contributed by atoms with E-state index in [1.54, 1.807) is 18.2 Å². The van der Waals surface area contributed by atoms with Crippen LogP contribution in [0, 0.1) is 0 Å². The van der Waals surface area contributed by atoms with Crippen molar-refractivity contribution < 1.29 is 13.2 Å². The van der Waals surface area contributed by atoms with Gasteiger partial charge in [-0.2, -0.15) is 0 Å². The van der Waals surface area contributed by atoms with Gasteiger partial charge in [-0.15, -0.1) is 24.0 Å². The molecule has 2 saturated heterocycles. The van der Waals surface area contributed by atoms with E-state index in [4.69, 9.17) is 4.74 Å². The minimum Gasteiger partial charge on any atom is -0.373 e. The van der Waals surface area contributed by atoms with Crippen molar-refractivity contribution in [1.29, 1.82) is 0 Å². The fourth-order valence-corrected chi connectivity index (χ4v) is 4.18. The zero-order chi connectivity index (χ0) is 17.9. The molecule has 2 aliphatic rings. The van der Waals surface area contributed by atoms with Gasteiger partial charge >= 0.3 is 0 Å². The lowest BCUT2D eigenvalue weighted by atomic mass is 9.96. The second-order valence-electron chi connectivity index (χ2n) is 6.41. The van der Waals surface area contributed by atoms with E-state index in [2.05, 4.69) is 20.3 Å². The van der Waals surface area contributed by atoms with Gasteiger partial charge in [-0.1, -0.05) is 12.1 Å². The van der Waals surface area contributed by atoms with Crippen LogP contribution in [0.3, 0.4) is 0 Å². The summed E-state index contributed by atoms with van der Waals surface area (Å²) in [6, 6.07) is 7.14.